The van der Waals surface area contributed by atoms with Crippen molar-refractivity contribution in [3.05, 3.63) is 82.9 Å². The molecule has 1 heterocycles. The summed E-state index contributed by atoms with van der Waals surface area (Å²) in [6, 6.07) is 19.6. The van der Waals surface area contributed by atoms with Crippen LogP contribution in [0.25, 0.3) is 0 Å². The van der Waals surface area contributed by atoms with Gasteiger partial charge < -0.3 is 10.1 Å². The molecule has 0 bridgehead atoms. The minimum Gasteiger partial charge on any atom is -0.482 e. The molecule has 1 aliphatic rings. The van der Waals surface area contributed by atoms with E-state index in [4.69, 9.17) is 16.3 Å². The van der Waals surface area contributed by atoms with Crippen molar-refractivity contribution in [3.63, 3.8) is 0 Å². The van der Waals surface area contributed by atoms with Crippen LogP contribution in [-0.2, 0) is 27.8 Å². The van der Waals surface area contributed by atoms with Gasteiger partial charge in [-0.05, 0) is 54.1 Å². The van der Waals surface area contributed by atoms with Gasteiger partial charge in [0.2, 0.25) is 10.0 Å². The molecule has 1 N–H and O–H groups in total. The fourth-order valence-corrected chi connectivity index (χ4v) is 5.96. The molecule has 0 aliphatic carbocycles. The van der Waals surface area contributed by atoms with Gasteiger partial charge in [-0.25, -0.2) is 8.42 Å². The van der Waals surface area contributed by atoms with Crippen LogP contribution in [0.2, 0.25) is 5.02 Å². The van der Waals surface area contributed by atoms with E-state index in [0.717, 1.165) is 10.5 Å². The molecule has 6 nitrogen and oxygen atoms in total. The monoisotopic (exact) mass is 502 g/mol. The van der Waals surface area contributed by atoms with Crippen molar-refractivity contribution in [1.29, 1.82) is 0 Å². The summed E-state index contributed by atoms with van der Waals surface area (Å²) in [4.78, 5) is 13.3. The Morgan fingerprint density at radius 3 is 2.58 bits per heavy atom. The molecule has 1 aliphatic heterocycles. The van der Waals surface area contributed by atoms with Gasteiger partial charge in [0.25, 0.3) is 5.91 Å². The number of hydrogen-bond donors (Lipinski definition) is 1. The zero-order chi connectivity index (χ0) is 23.4. The summed E-state index contributed by atoms with van der Waals surface area (Å²) in [6.45, 7) is 0.483. The lowest BCUT2D eigenvalue weighted by Gasteiger charge is -2.28. The van der Waals surface area contributed by atoms with E-state index in [2.05, 4.69) is 5.32 Å². The van der Waals surface area contributed by atoms with Gasteiger partial charge in [0.15, 0.2) is 6.61 Å². The Bertz CT molecular complexity index is 1280. The van der Waals surface area contributed by atoms with Crippen molar-refractivity contribution in [2.45, 2.75) is 22.8 Å². The summed E-state index contributed by atoms with van der Waals surface area (Å²) in [6.07, 6.45) is 2.60. The van der Waals surface area contributed by atoms with Crippen molar-refractivity contribution in [2.24, 2.45) is 0 Å². The normalized spacial score (nSPS) is 13.9. The largest absolute Gasteiger partial charge is 0.482 e. The van der Waals surface area contributed by atoms with E-state index in [-0.39, 0.29) is 28.2 Å². The van der Waals surface area contributed by atoms with E-state index in [1.165, 1.54) is 39.8 Å². The maximum absolute atomic E-state index is 13.2. The van der Waals surface area contributed by atoms with E-state index in [0.29, 0.717) is 25.2 Å². The molecule has 0 spiro atoms. The van der Waals surface area contributed by atoms with Crippen molar-refractivity contribution in [2.75, 3.05) is 24.7 Å². The molecule has 1 amide bonds. The number of anilines is 1. The van der Waals surface area contributed by atoms with Crippen molar-refractivity contribution < 1.29 is 17.9 Å². The van der Waals surface area contributed by atoms with Crippen LogP contribution in [0.4, 0.5) is 5.69 Å². The molecule has 4 rings (SSSR count). The number of para-hydroxylation sites is 1. The number of ether oxygens (including phenoxy) is 1. The van der Waals surface area contributed by atoms with Gasteiger partial charge in [0.1, 0.15) is 5.75 Å². The van der Waals surface area contributed by atoms with Gasteiger partial charge >= 0.3 is 0 Å². The first-order valence-electron chi connectivity index (χ1n) is 10.3. The third-order valence-corrected chi connectivity index (χ3v) is 8.31. The molecular formula is C24H23ClN2O4S2. The Balaban J connectivity index is 1.42. The maximum atomic E-state index is 13.2. The number of fused-ring (bicyclic) bond motifs is 1. The minimum absolute atomic E-state index is 0.0950. The summed E-state index contributed by atoms with van der Waals surface area (Å²) >= 11 is 7.83. The number of halogens is 1. The number of benzene rings is 3. The van der Waals surface area contributed by atoms with Crippen LogP contribution in [0.3, 0.4) is 0 Å². The number of carbonyl (C=O) groups excluding carboxylic acids is 1. The van der Waals surface area contributed by atoms with Crippen LogP contribution in [0.15, 0.2) is 76.5 Å². The van der Waals surface area contributed by atoms with Crippen molar-refractivity contribution in [3.8, 4) is 5.75 Å². The Morgan fingerprint density at radius 2 is 1.82 bits per heavy atom. The lowest BCUT2D eigenvalue weighted by molar-refractivity contribution is -0.118. The summed E-state index contributed by atoms with van der Waals surface area (Å²) < 4.78 is 33.3. The number of amides is 1. The highest BCUT2D eigenvalue weighted by Crippen LogP contribution is 2.31. The maximum Gasteiger partial charge on any atom is 0.262 e. The Labute approximate surface area is 203 Å². The smallest absolute Gasteiger partial charge is 0.262 e. The highest BCUT2D eigenvalue weighted by molar-refractivity contribution is 7.98. The third kappa shape index (κ3) is 5.35. The Morgan fingerprint density at radius 1 is 1.09 bits per heavy atom. The molecule has 0 unspecified atom stereocenters. The fourth-order valence-electron chi connectivity index (χ4n) is 3.66. The SMILES string of the molecule is CSc1ccccc1NC(=O)COc1ccc(S(=O)(=O)N2CCc3ccccc3C2)cc1Cl. The van der Waals surface area contributed by atoms with Gasteiger partial charge in [-0.2, -0.15) is 4.31 Å². The molecule has 0 aromatic heterocycles. The molecule has 3 aromatic carbocycles. The summed E-state index contributed by atoms with van der Waals surface area (Å²) in [5.74, 6) is -0.0934. The number of thioether (sulfide) groups is 1. The average Bonchev–Trinajstić information content (AvgIpc) is 2.83. The first-order chi connectivity index (χ1) is 15.9. The van der Waals surface area contributed by atoms with Gasteiger partial charge in [0, 0.05) is 18.0 Å². The van der Waals surface area contributed by atoms with Crippen LogP contribution in [0.1, 0.15) is 11.1 Å². The second-order valence-electron chi connectivity index (χ2n) is 7.49. The van der Waals surface area contributed by atoms with E-state index in [9.17, 15) is 13.2 Å². The van der Waals surface area contributed by atoms with Gasteiger partial charge in [0.05, 0.1) is 15.6 Å². The number of nitrogens with zero attached hydrogens (tertiary/aromatic N) is 1. The predicted molar refractivity (Wildman–Crippen MR) is 132 cm³/mol. The molecule has 0 radical (unpaired) electrons. The van der Waals surface area contributed by atoms with Crippen LogP contribution in [0, 0.1) is 0 Å². The lowest BCUT2D eigenvalue weighted by atomic mass is 10.0. The van der Waals surface area contributed by atoms with Gasteiger partial charge in [-0.15, -0.1) is 11.8 Å². The fraction of sp³-hybridized carbons (Fsp3) is 0.208. The van der Waals surface area contributed by atoms with E-state index in [1.54, 1.807) is 0 Å². The molecule has 0 saturated heterocycles. The van der Waals surface area contributed by atoms with Crippen LogP contribution in [0.5, 0.6) is 5.75 Å². The molecule has 3 aromatic rings. The van der Waals surface area contributed by atoms with Crippen LogP contribution < -0.4 is 10.1 Å². The third-order valence-electron chi connectivity index (χ3n) is 5.38. The summed E-state index contributed by atoms with van der Waals surface area (Å²) in [7, 11) is -3.71. The standard InChI is InChI=1S/C24H23ClN2O4S2/c1-32-23-9-5-4-8-21(23)26-24(28)16-31-22-11-10-19(14-20(22)25)33(29,30)27-13-12-17-6-2-3-7-18(17)15-27/h2-11,14H,12-13,15-16H2,1H3,(H,26,28). The zero-order valence-corrected chi connectivity index (χ0v) is 20.3. The number of hydrogen-bond acceptors (Lipinski definition) is 5. The van der Waals surface area contributed by atoms with Crippen LogP contribution in [-0.4, -0.2) is 38.0 Å². The molecule has 9 heteroatoms. The highest BCUT2D eigenvalue weighted by atomic mass is 35.5. The molecule has 172 valence electrons. The topological polar surface area (TPSA) is 75.7 Å². The molecule has 0 atom stereocenters. The van der Waals surface area contributed by atoms with E-state index in [1.807, 2.05) is 54.8 Å². The molecule has 0 fully saturated rings. The second kappa shape index (κ2) is 10.2. The molecule has 0 saturated carbocycles. The predicted octanol–water partition coefficient (Wildman–Crippen LogP) is 4.83. The van der Waals surface area contributed by atoms with Crippen molar-refractivity contribution >= 4 is 45.0 Å². The van der Waals surface area contributed by atoms with Gasteiger partial charge in [-0.3, -0.25) is 4.79 Å². The number of nitrogens with one attached hydrogen (secondary N) is 1. The summed E-state index contributed by atoms with van der Waals surface area (Å²) in [5, 5.41) is 2.94. The first-order valence-corrected chi connectivity index (χ1v) is 13.3. The Kier molecular flexibility index (Phi) is 7.29. The quantitative estimate of drug-likeness (QED) is 0.468. The first kappa shape index (κ1) is 23.6. The van der Waals surface area contributed by atoms with Crippen molar-refractivity contribution in [1.82, 2.24) is 4.31 Å². The Hall–Kier alpha value is -2.52. The second-order valence-corrected chi connectivity index (χ2v) is 10.7. The molecular weight excluding hydrogens is 480 g/mol. The van der Waals surface area contributed by atoms with Gasteiger partial charge in [-0.1, -0.05) is 48.0 Å². The van der Waals surface area contributed by atoms with E-state index >= 15 is 0 Å². The highest BCUT2D eigenvalue weighted by Gasteiger charge is 2.28. The average molecular weight is 503 g/mol. The summed E-state index contributed by atoms with van der Waals surface area (Å²) in [5.41, 5.74) is 2.88. The van der Waals surface area contributed by atoms with E-state index < -0.39 is 10.0 Å². The molecule has 33 heavy (non-hydrogen) atoms. The minimum atomic E-state index is -3.71. The number of carbonyl (C=O) groups is 1. The number of rotatable bonds is 7. The lowest BCUT2D eigenvalue weighted by Crippen LogP contribution is -2.35. The zero-order valence-electron chi connectivity index (χ0n) is 18.0. The number of sulfonamides is 1. The van der Waals surface area contributed by atoms with Crippen LogP contribution >= 0.6 is 23.4 Å².